The van der Waals surface area contributed by atoms with Gasteiger partial charge in [-0.3, -0.25) is 0 Å². The zero-order chi connectivity index (χ0) is 12.5. The molecule has 0 atom stereocenters. The lowest BCUT2D eigenvalue weighted by atomic mass is 10.2. The van der Waals surface area contributed by atoms with Gasteiger partial charge in [-0.1, -0.05) is 17.7 Å². The Bertz CT molecular complexity index is 686. The van der Waals surface area contributed by atoms with E-state index in [1.54, 1.807) is 11.3 Å². The number of anilines is 3. The highest BCUT2D eigenvalue weighted by Gasteiger charge is 2.06. The Morgan fingerprint density at radius 2 is 1.89 bits per heavy atom. The van der Waals surface area contributed by atoms with Gasteiger partial charge in [-0.15, -0.1) is 11.3 Å². The molecule has 1 heterocycles. The van der Waals surface area contributed by atoms with Gasteiger partial charge >= 0.3 is 0 Å². The van der Waals surface area contributed by atoms with E-state index in [9.17, 15) is 0 Å². The number of benzene rings is 2. The van der Waals surface area contributed by atoms with Gasteiger partial charge in [0.05, 0.1) is 21.6 Å². The maximum atomic E-state index is 6.12. The Morgan fingerprint density at radius 1 is 1.11 bits per heavy atom. The largest absolute Gasteiger partial charge is 0.395 e. The van der Waals surface area contributed by atoms with E-state index in [0.29, 0.717) is 5.69 Å². The van der Waals surface area contributed by atoms with Crippen LogP contribution in [0.5, 0.6) is 0 Å². The van der Waals surface area contributed by atoms with Gasteiger partial charge in [-0.2, -0.15) is 0 Å². The van der Waals surface area contributed by atoms with Crippen molar-refractivity contribution in [2.24, 2.45) is 0 Å². The number of hydrogen-bond acceptors (Lipinski definition) is 4. The molecular weight excluding hydrogens is 242 g/mol. The smallest absolute Gasteiger partial charge is 0.106 e. The highest BCUT2D eigenvalue weighted by atomic mass is 32.1. The minimum Gasteiger partial charge on any atom is -0.395 e. The van der Waals surface area contributed by atoms with Crippen LogP contribution in [0.2, 0.25) is 0 Å². The van der Waals surface area contributed by atoms with Crippen molar-refractivity contribution in [3.8, 4) is 0 Å². The predicted molar refractivity (Wildman–Crippen MR) is 78.5 cm³/mol. The average Bonchev–Trinajstić information content (AvgIpc) is 2.84. The second-order valence-corrected chi connectivity index (χ2v) is 5.10. The molecule has 0 aliphatic carbocycles. The summed E-state index contributed by atoms with van der Waals surface area (Å²) in [5, 5.41) is 3.32. The monoisotopic (exact) mass is 255 g/mol. The molecule has 2 aromatic carbocycles. The molecule has 0 unspecified atom stereocenters. The third-order valence-electron chi connectivity index (χ3n) is 2.87. The number of hydrogen-bond donors (Lipinski definition) is 2. The van der Waals surface area contributed by atoms with E-state index in [1.165, 1.54) is 5.56 Å². The van der Waals surface area contributed by atoms with Crippen LogP contribution in [0.1, 0.15) is 5.56 Å². The molecule has 0 radical (unpaired) electrons. The van der Waals surface area contributed by atoms with Crippen molar-refractivity contribution in [2.75, 3.05) is 11.1 Å². The Hall–Kier alpha value is -2.07. The van der Waals surface area contributed by atoms with Crippen LogP contribution >= 0.6 is 11.3 Å². The number of aromatic nitrogens is 1. The van der Waals surface area contributed by atoms with Gasteiger partial charge in [0.15, 0.2) is 0 Å². The van der Waals surface area contributed by atoms with Crippen molar-refractivity contribution in [3.05, 3.63) is 47.5 Å². The number of nitrogens with zero attached hydrogens (tertiary/aromatic N) is 1. The van der Waals surface area contributed by atoms with Crippen molar-refractivity contribution in [3.63, 3.8) is 0 Å². The van der Waals surface area contributed by atoms with Gasteiger partial charge < -0.3 is 11.1 Å². The van der Waals surface area contributed by atoms with Gasteiger partial charge in [-0.25, -0.2) is 4.98 Å². The summed E-state index contributed by atoms with van der Waals surface area (Å²) in [6.45, 7) is 2.07. The maximum absolute atomic E-state index is 6.12. The van der Waals surface area contributed by atoms with Crippen LogP contribution in [0.15, 0.2) is 41.9 Å². The average molecular weight is 255 g/mol. The van der Waals surface area contributed by atoms with Crippen LogP contribution < -0.4 is 11.1 Å². The van der Waals surface area contributed by atoms with E-state index in [2.05, 4.69) is 29.4 Å². The van der Waals surface area contributed by atoms with Gasteiger partial charge in [-0.05, 0) is 31.2 Å². The lowest BCUT2D eigenvalue weighted by molar-refractivity contribution is 1.45. The van der Waals surface area contributed by atoms with Crippen LogP contribution in [-0.4, -0.2) is 4.98 Å². The summed E-state index contributed by atoms with van der Waals surface area (Å²) in [7, 11) is 0. The first kappa shape index (κ1) is 11.0. The molecule has 0 aliphatic rings. The molecule has 4 heteroatoms. The van der Waals surface area contributed by atoms with Crippen LogP contribution in [0, 0.1) is 6.92 Å². The molecule has 0 saturated carbocycles. The van der Waals surface area contributed by atoms with Crippen LogP contribution in [-0.2, 0) is 0 Å². The molecule has 0 saturated heterocycles. The fourth-order valence-electron chi connectivity index (χ4n) is 1.85. The number of nitrogens with one attached hydrogen (secondary N) is 1. The second-order valence-electron chi connectivity index (χ2n) is 4.22. The Kier molecular flexibility index (Phi) is 2.64. The zero-order valence-corrected chi connectivity index (χ0v) is 10.8. The minimum atomic E-state index is 0.703. The summed E-state index contributed by atoms with van der Waals surface area (Å²) in [4.78, 5) is 4.29. The summed E-state index contributed by atoms with van der Waals surface area (Å²) >= 11 is 1.60. The first-order chi connectivity index (χ1) is 8.74. The van der Waals surface area contributed by atoms with Crippen molar-refractivity contribution < 1.29 is 0 Å². The number of aryl methyl sites for hydroxylation is 1. The first-order valence-electron chi connectivity index (χ1n) is 5.69. The Balaban J connectivity index is 1.99. The molecule has 0 bridgehead atoms. The Morgan fingerprint density at radius 3 is 2.67 bits per heavy atom. The predicted octanol–water partition coefficient (Wildman–Crippen LogP) is 3.93. The lowest BCUT2D eigenvalue weighted by Crippen LogP contribution is -1.96. The third kappa shape index (κ3) is 1.91. The molecule has 90 valence electrons. The summed E-state index contributed by atoms with van der Waals surface area (Å²) in [5.41, 5.74) is 12.7. The van der Waals surface area contributed by atoms with E-state index in [-0.39, 0.29) is 0 Å². The summed E-state index contributed by atoms with van der Waals surface area (Å²) in [5.74, 6) is 0. The zero-order valence-electron chi connectivity index (χ0n) is 9.97. The quantitative estimate of drug-likeness (QED) is 0.682. The molecule has 3 rings (SSSR count). The van der Waals surface area contributed by atoms with Gasteiger partial charge in [0.2, 0.25) is 0 Å². The molecule has 1 aromatic heterocycles. The van der Waals surface area contributed by atoms with Gasteiger partial charge in [0.1, 0.15) is 5.52 Å². The second kappa shape index (κ2) is 4.31. The summed E-state index contributed by atoms with van der Waals surface area (Å²) in [6.07, 6.45) is 0. The van der Waals surface area contributed by atoms with Crippen LogP contribution in [0.3, 0.4) is 0 Å². The number of fused-ring (bicyclic) bond motifs is 1. The van der Waals surface area contributed by atoms with E-state index in [4.69, 9.17) is 5.73 Å². The molecule has 0 aliphatic heterocycles. The maximum Gasteiger partial charge on any atom is 0.106 e. The number of thiazole rings is 1. The fourth-order valence-corrected chi connectivity index (χ4v) is 2.55. The van der Waals surface area contributed by atoms with Gasteiger partial charge in [0, 0.05) is 5.69 Å². The van der Waals surface area contributed by atoms with Crippen molar-refractivity contribution >= 4 is 38.6 Å². The fraction of sp³-hybridized carbons (Fsp3) is 0.0714. The van der Waals surface area contributed by atoms with Crippen LogP contribution in [0.4, 0.5) is 17.1 Å². The SMILES string of the molecule is Cc1ccc(Nc2ccc3scnc3c2N)cc1. The minimum absolute atomic E-state index is 0.703. The molecule has 3 N–H and O–H groups in total. The summed E-state index contributed by atoms with van der Waals surface area (Å²) in [6, 6.07) is 12.3. The highest BCUT2D eigenvalue weighted by Crippen LogP contribution is 2.31. The van der Waals surface area contributed by atoms with Crippen molar-refractivity contribution in [2.45, 2.75) is 6.92 Å². The number of nitrogen functional groups attached to an aromatic ring is 1. The van der Waals surface area contributed by atoms with E-state index in [0.717, 1.165) is 21.6 Å². The normalized spacial score (nSPS) is 10.7. The first-order valence-corrected chi connectivity index (χ1v) is 6.57. The number of nitrogens with two attached hydrogens (primary N) is 1. The van der Waals surface area contributed by atoms with Crippen molar-refractivity contribution in [1.82, 2.24) is 4.98 Å². The van der Waals surface area contributed by atoms with E-state index in [1.807, 2.05) is 29.8 Å². The Labute approximate surface area is 109 Å². The molecule has 0 amide bonds. The molecule has 3 nitrogen and oxygen atoms in total. The van der Waals surface area contributed by atoms with E-state index < -0.39 is 0 Å². The number of rotatable bonds is 2. The van der Waals surface area contributed by atoms with Crippen LogP contribution in [0.25, 0.3) is 10.2 Å². The summed E-state index contributed by atoms with van der Waals surface area (Å²) < 4.78 is 1.11. The topological polar surface area (TPSA) is 50.9 Å². The standard InChI is InChI=1S/C14H13N3S/c1-9-2-4-10(5-3-9)17-11-6-7-12-14(13(11)15)16-8-18-12/h2-8,17H,15H2,1H3. The molecule has 3 aromatic rings. The third-order valence-corrected chi connectivity index (χ3v) is 3.67. The van der Waals surface area contributed by atoms with Gasteiger partial charge in [0.25, 0.3) is 0 Å². The highest BCUT2D eigenvalue weighted by molar-refractivity contribution is 7.16. The molecular formula is C14H13N3S. The van der Waals surface area contributed by atoms with E-state index >= 15 is 0 Å². The molecule has 0 fully saturated rings. The lowest BCUT2D eigenvalue weighted by Gasteiger charge is -2.09. The van der Waals surface area contributed by atoms with Crippen molar-refractivity contribution in [1.29, 1.82) is 0 Å². The molecule has 18 heavy (non-hydrogen) atoms. The molecule has 0 spiro atoms.